The summed E-state index contributed by atoms with van der Waals surface area (Å²) in [5.74, 6) is -0.822. The third kappa shape index (κ3) is 2.19. The van der Waals surface area contributed by atoms with Crippen molar-refractivity contribution in [1.29, 1.82) is 0 Å². The van der Waals surface area contributed by atoms with Crippen LogP contribution in [0.5, 0.6) is 0 Å². The van der Waals surface area contributed by atoms with E-state index in [0.29, 0.717) is 12.8 Å². The van der Waals surface area contributed by atoms with Gasteiger partial charge in [-0.1, -0.05) is 0 Å². The van der Waals surface area contributed by atoms with Crippen molar-refractivity contribution in [2.45, 2.75) is 52.4 Å². The van der Waals surface area contributed by atoms with Crippen LogP contribution in [0.3, 0.4) is 0 Å². The van der Waals surface area contributed by atoms with Crippen molar-refractivity contribution in [3.63, 3.8) is 0 Å². The Morgan fingerprint density at radius 2 is 2.06 bits per heavy atom. The van der Waals surface area contributed by atoms with Crippen molar-refractivity contribution in [2.75, 3.05) is 0 Å². The van der Waals surface area contributed by atoms with E-state index < -0.39 is 6.23 Å². The molecule has 1 aliphatic carbocycles. The Hall–Kier alpha value is -1.23. The van der Waals surface area contributed by atoms with Gasteiger partial charge in [-0.05, 0) is 20.3 Å². The largest absolute Gasteiger partial charge is 0.355 e. The number of likely N-dealkylation sites (tertiary alicyclic amines) is 1. The van der Waals surface area contributed by atoms with Gasteiger partial charge >= 0.3 is 0 Å². The summed E-state index contributed by atoms with van der Waals surface area (Å²) in [5.41, 5.74) is 0. The van der Waals surface area contributed by atoms with Crippen LogP contribution in [0, 0.1) is 11.8 Å². The number of imide groups is 1. The van der Waals surface area contributed by atoms with Crippen molar-refractivity contribution >= 4 is 17.6 Å². The van der Waals surface area contributed by atoms with Crippen LogP contribution in [0.4, 0.5) is 0 Å². The fraction of sp³-hybridized carbons (Fsp3) is 0.769. The second-order valence-corrected chi connectivity index (χ2v) is 5.35. The van der Waals surface area contributed by atoms with Crippen molar-refractivity contribution in [2.24, 2.45) is 11.8 Å². The van der Waals surface area contributed by atoms with Crippen molar-refractivity contribution < 1.29 is 19.1 Å². The van der Waals surface area contributed by atoms with Crippen LogP contribution in [0.2, 0.25) is 0 Å². The molecule has 0 aromatic rings. The molecule has 0 aromatic heterocycles. The molecular weight excluding hydrogens is 234 g/mol. The number of fused-ring (bicyclic) bond motifs is 1. The zero-order valence-electron chi connectivity index (χ0n) is 11.0. The average molecular weight is 253 g/mol. The first-order chi connectivity index (χ1) is 8.41. The van der Waals surface area contributed by atoms with Crippen LogP contribution in [-0.2, 0) is 19.1 Å². The number of Topliss-reactive ketones (excluding diaryl/α,β-unsaturated/α-hetero) is 1. The van der Waals surface area contributed by atoms with E-state index in [2.05, 4.69) is 0 Å². The van der Waals surface area contributed by atoms with E-state index >= 15 is 0 Å². The lowest BCUT2D eigenvalue weighted by Crippen LogP contribution is -2.42. The van der Waals surface area contributed by atoms with Crippen molar-refractivity contribution in [1.82, 2.24) is 4.90 Å². The van der Waals surface area contributed by atoms with Gasteiger partial charge in [0.25, 0.3) is 0 Å². The van der Waals surface area contributed by atoms with Crippen LogP contribution in [0.15, 0.2) is 0 Å². The second-order valence-electron chi connectivity index (χ2n) is 5.35. The third-order valence-electron chi connectivity index (χ3n) is 3.65. The fourth-order valence-electron chi connectivity index (χ4n) is 2.91. The van der Waals surface area contributed by atoms with Crippen LogP contribution in [0.25, 0.3) is 0 Å². The highest BCUT2D eigenvalue weighted by molar-refractivity contribution is 6.00. The number of ether oxygens (including phenoxy) is 1. The molecule has 100 valence electrons. The highest BCUT2D eigenvalue weighted by Gasteiger charge is 2.52. The number of rotatable bonds is 2. The maximum absolute atomic E-state index is 12.2. The molecule has 2 aliphatic rings. The maximum atomic E-state index is 12.2. The van der Waals surface area contributed by atoms with E-state index in [1.54, 1.807) is 0 Å². The van der Waals surface area contributed by atoms with E-state index in [9.17, 15) is 14.4 Å². The molecule has 0 aromatic carbocycles. The molecule has 18 heavy (non-hydrogen) atoms. The molecular formula is C13H19NO4. The molecule has 1 heterocycles. The van der Waals surface area contributed by atoms with Gasteiger partial charge in [0, 0.05) is 25.7 Å². The molecule has 2 fully saturated rings. The molecule has 1 aliphatic heterocycles. The second kappa shape index (κ2) is 4.80. The topological polar surface area (TPSA) is 63.7 Å². The molecule has 2 rings (SSSR count). The van der Waals surface area contributed by atoms with Gasteiger partial charge in [0.2, 0.25) is 11.8 Å². The summed E-state index contributed by atoms with van der Waals surface area (Å²) < 4.78 is 5.73. The Balaban J connectivity index is 2.27. The number of carbonyl (C=O) groups excluding carboxylic acids is 3. The molecule has 2 amide bonds. The van der Waals surface area contributed by atoms with Crippen molar-refractivity contribution in [3.05, 3.63) is 0 Å². The minimum Gasteiger partial charge on any atom is -0.355 e. The highest BCUT2D eigenvalue weighted by Crippen LogP contribution is 2.41. The summed E-state index contributed by atoms with van der Waals surface area (Å²) in [4.78, 5) is 36.5. The zero-order valence-corrected chi connectivity index (χ0v) is 11.0. The number of amides is 2. The number of carbonyl (C=O) groups is 3. The first kappa shape index (κ1) is 13.2. The maximum Gasteiger partial charge on any atom is 0.235 e. The summed E-state index contributed by atoms with van der Waals surface area (Å²) in [7, 11) is 0. The van der Waals surface area contributed by atoms with Gasteiger partial charge in [0.15, 0.2) is 0 Å². The van der Waals surface area contributed by atoms with Crippen LogP contribution < -0.4 is 0 Å². The van der Waals surface area contributed by atoms with Gasteiger partial charge in [0.1, 0.15) is 12.0 Å². The highest BCUT2D eigenvalue weighted by atomic mass is 16.5. The van der Waals surface area contributed by atoms with Crippen LogP contribution >= 0.6 is 0 Å². The normalized spacial score (nSPS) is 32.0. The molecule has 1 saturated carbocycles. The standard InChI is InChI=1S/C13H19NO4/c1-7(2)18-13-10-5-4-9(16)6-11(10)12(17)14(13)8(3)15/h7,10-11,13H,4-6H2,1-3H3/t10-,11+,13+/m0/s1. The number of hydrogen-bond donors (Lipinski definition) is 0. The smallest absolute Gasteiger partial charge is 0.235 e. The summed E-state index contributed by atoms with van der Waals surface area (Å²) in [6.45, 7) is 5.13. The molecule has 5 nitrogen and oxygen atoms in total. The number of ketones is 1. The van der Waals surface area contributed by atoms with Gasteiger partial charge in [-0.15, -0.1) is 0 Å². The molecule has 0 unspecified atom stereocenters. The third-order valence-corrected chi connectivity index (χ3v) is 3.65. The first-order valence-electron chi connectivity index (χ1n) is 6.42. The van der Waals surface area contributed by atoms with Crippen molar-refractivity contribution in [3.8, 4) is 0 Å². The molecule has 0 bridgehead atoms. The van der Waals surface area contributed by atoms with Gasteiger partial charge in [-0.3, -0.25) is 19.3 Å². The van der Waals surface area contributed by atoms with Gasteiger partial charge in [0.05, 0.1) is 12.0 Å². The Bertz CT molecular complexity index is 390. The zero-order chi connectivity index (χ0) is 13.4. The number of nitrogens with zero attached hydrogens (tertiary/aromatic N) is 1. The molecule has 3 atom stereocenters. The molecule has 0 spiro atoms. The lowest BCUT2D eigenvalue weighted by molar-refractivity contribution is -0.157. The van der Waals surface area contributed by atoms with E-state index in [1.165, 1.54) is 11.8 Å². The lowest BCUT2D eigenvalue weighted by atomic mass is 9.80. The van der Waals surface area contributed by atoms with Gasteiger partial charge in [-0.2, -0.15) is 0 Å². The predicted molar refractivity (Wildman–Crippen MR) is 63.4 cm³/mol. The fourth-order valence-corrected chi connectivity index (χ4v) is 2.91. The Labute approximate surface area is 106 Å². The van der Waals surface area contributed by atoms with Crippen LogP contribution in [0.1, 0.15) is 40.0 Å². The minimum absolute atomic E-state index is 0.0264. The Kier molecular flexibility index (Phi) is 3.52. The average Bonchev–Trinajstić information content (AvgIpc) is 2.51. The molecule has 1 saturated heterocycles. The van der Waals surface area contributed by atoms with E-state index in [4.69, 9.17) is 4.74 Å². The number of hydrogen-bond acceptors (Lipinski definition) is 4. The van der Waals surface area contributed by atoms with Gasteiger partial charge < -0.3 is 4.74 Å². The molecule has 0 N–H and O–H groups in total. The predicted octanol–water partition coefficient (Wildman–Crippen LogP) is 1.11. The van der Waals surface area contributed by atoms with E-state index in [-0.39, 0.29) is 42.0 Å². The summed E-state index contributed by atoms with van der Waals surface area (Å²) in [6.07, 6.45) is 0.828. The van der Waals surface area contributed by atoms with Gasteiger partial charge in [-0.25, -0.2) is 0 Å². The Morgan fingerprint density at radius 3 is 2.61 bits per heavy atom. The SMILES string of the molecule is CC(=O)N1C(=O)[C@@H]2CC(=O)CC[C@@H]2[C@H]1OC(C)C. The molecule has 0 radical (unpaired) electrons. The van der Waals surface area contributed by atoms with E-state index in [0.717, 1.165) is 0 Å². The summed E-state index contributed by atoms with van der Waals surface area (Å²) in [6, 6.07) is 0. The summed E-state index contributed by atoms with van der Waals surface area (Å²) >= 11 is 0. The quantitative estimate of drug-likeness (QED) is 0.739. The van der Waals surface area contributed by atoms with Crippen LogP contribution in [-0.4, -0.2) is 34.8 Å². The Morgan fingerprint density at radius 1 is 1.39 bits per heavy atom. The summed E-state index contributed by atoms with van der Waals surface area (Å²) in [5, 5.41) is 0. The van der Waals surface area contributed by atoms with E-state index in [1.807, 2.05) is 13.8 Å². The molecule has 5 heteroatoms. The monoisotopic (exact) mass is 253 g/mol. The minimum atomic E-state index is -0.493. The lowest BCUT2D eigenvalue weighted by Gasteiger charge is -2.29. The first-order valence-corrected chi connectivity index (χ1v) is 6.42.